The van der Waals surface area contributed by atoms with E-state index in [0.717, 1.165) is 38.7 Å². The van der Waals surface area contributed by atoms with Gasteiger partial charge in [0.05, 0.1) is 5.52 Å². The normalized spacial score (nSPS) is 11.4. The Balaban J connectivity index is 2.22. The fourth-order valence-electron chi connectivity index (χ4n) is 2.29. The van der Waals surface area contributed by atoms with Crippen molar-refractivity contribution in [1.82, 2.24) is 19.9 Å². The van der Waals surface area contributed by atoms with Crippen LogP contribution in [0.25, 0.3) is 33.0 Å². The van der Waals surface area contributed by atoms with E-state index >= 15 is 0 Å². The lowest BCUT2D eigenvalue weighted by molar-refractivity contribution is 1.21. The van der Waals surface area contributed by atoms with Crippen molar-refractivity contribution in [2.24, 2.45) is 0 Å². The Hall–Kier alpha value is -2.62. The fourth-order valence-corrected chi connectivity index (χ4v) is 2.29. The summed E-state index contributed by atoms with van der Waals surface area (Å²) >= 11 is 0. The minimum absolute atomic E-state index is 0.732. The van der Waals surface area contributed by atoms with Crippen LogP contribution in [0.1, 0.15) is 5.69 Å². The molecule has 4 aromatic rings. The Labute approximate surface area is 109 Å². The number of hydrogen-bond donors (Lipinski definition) is 0. The lowest BCUT2D eigenvalue weighted by Crippen LogP contribution is -1.91. The van der Waals surface area contributed by atoms with Crippen LogP contribution in [0.5, 0.6) is 0 Å². The van der Waals surface area contributed by atoms with Crippen LogP contribution < -0.4 is 0 Å². The fraction of sp³-hybridized carbons (Fsp3) is 0.0667. The maximum absolute atomic E-state index is 4.64. The predicted octanol–water partition coefficient (Wildman–Crippen LogP) is 3.03. The van der Waals surface area contributed by atoms with Gasteiger partial charge in [-0.3, -0.25) is 0 Å². The highest BCUT2D eigenvalue weighted by atomic mass is 14.9. The van der Waals surface area contributed by atoms with Crippen molar-refractivity contribution >= 4 is 33.0 Å². The van der Waals surface area contributed by atoms with Gasteiger partial charge in [-0.1, -0.05) is 0 Å². The minimum Gasteiger partial charge on any atom is -0.237 e. The minimum atomic E-state index is 0.732. The summed E-state index contributed by atoms with van der Waals surface area (Å²) in [6.07, 6.45) is 3.58. The summed E-state index contributed by atoms with van der Waals surface area (Å²) in [5.41, 5.74) is 3.35. The molecule has 0 unspecified atom stereocenters. The van der Waals surface area contributed by atoms with Gasteiger partial charge in [0.25, 0.3) is 0 Å². The van der Waals surface area contributed by atoms with Crippen LogP contribution in [0.15, 0.2) is 42.7 Å². The molecule has 0 N–H and O–H groups in total. The van der Waals surface area contributed by atoms with Crippen molar-refractivity contribution in [1.29, 1.82) is 0 Å². The first-order chi connectivity index (χ1) is 9.31. The van der Waals surface area contributed by atoms with Crippen LogP contribution in [-0.4, -0.2) is 19.9 Å². The van der Waals surface area contributed by atoms with Crippen LogP contribution >= 0.6 is 0 Å². The monoisotopic (exact) mass is 246 g/mol. The number of fused-ring (bicyclic) bond motifs is 4. The van der Waals surface area contributed by atoms with Crippen LogP contribution in [0.4, 0.5) is 0 Å². The quantitative estimate of drug-likeness (QED) is 0.353. The van der Waals surface area contributed by atoms with Gasteiger partial charge in [0, 0.05) is 34.2 Å². The maximum atomic E-state index is 4.64. The van der Waals surface area contributed by atoms with E-state index in [9.17, 15) is 0 Å². The van der Waals surface area contributed by atoms with Gasteiger partial charge in [-0.2, -0.15) is 0 Å². The molecule has 0 amide bonds. The van der Waals surface area contributed by atoms with Gasteiger partial charge < -0.3 is 0 Å². The van der Waals surface area contributed by atoms with Gasteiger partial charge in [0.1, 0.15) is 0 Å². The van der Waals surface area contributed by atoms with Gasteiger partial charge >= 0.3 is 0 Å². The van der Waals surface area contributed by atoms with Crippen molar-refractivity contribution in [3.63, 3.8) is 0 Å². The molecule has 90 valence electrons. The molecule has 0 atom stereocenters. The highest BCUT2D eigenvalue weighted by molar-refractivity contribution is 6.04. The van der Waals surface area contributed by atoms with E-state index in [1.54, 1.807) is 6.20 Å². The van der Waals surface area contributed by atoms with Crippen molar-refractivity contribution in [2.75, 3.05) is 0 Å². The van der Waals surface area contributed by atoms with Crippen LogP contribution in [0.3, 0.4) is 0 Å². The Morgan fingerprint density at radius 1 is 0.895 bits per heavy atom. The van der Waals surface area contributed by atoms with Crippen molar-refractivity contribution in [2.45, 2.75) is 6.92 Å². The molecule has 4 rings (SSSR count). The first kappa shape index (κ1) is 10.3. The molecule has 0 aliphatic carbocycles. The molecule has 0 aromatic carbocycles. The van der Waals surface area contributed by atoms with Gasteiger partial charge in [0.15, 0.2) is 11.3 Å². The molecule has 0 aliphatic rings. The second-order valence-electron chi connectivity index (χ2n) is 4.56. The lowest BCUT2D eigenvalue weighted by Gasteiger charge is -2.04. The van der Waals surface area contributed by atoms with E-state index in [2.05, 4.69) is 26.0 Å². The molecular formula is C15H10N4. The topological polar surface area (TPSA) is 51.6 Å². The molecule has 4 aromatic heterocycles. The molecule has 4 heterocycles. The second-order valence-corrected chi connectivity index (χ2v) is 4.56. The third kappa shape index (κ3) is 1.53. The Bertz CT molecular complexity index is 931. The molecule has 4 heteroatoms. The van der Waals surface area contributed by atoms with E-state index in [0.29, 0.717) is 0 Å². The average molecular weight is 246 g/mol. The Morgan fingerprint density at radius 2 is 1.84 bits per heavy atom. The van der Waals surface area contributed by atoms with Gasteiger partial charge in [-0.05, 0) is 37.3 Å². The summed E-state index contributed by atoms with van der Waals surface area (Å²) in [5.74, 6) is 0. The van der Waals surface area contributed by atoms with E-state index in [4.69, 9.17) is 0 Å². The van der Waals surface area contributed by atoms with Crippen molar-refractivity contribution in [3.05, 3.63) is 48.4 Å². The molecule has 0 radical (unpaired) electrons. The van der Waals surface area contributed by atoms with Gasteiger partial charge in [-0.15, -0.1) is 0 Å². The SMILES string of the molecule is Cc1ccc2c(ncc3cc4cccnc4nc32)n1. The average Bonchev–Trinajstić information content (AvgIpc) is 2.44. The first-order valence-electron chi connectivity index (χ1n) is 6.09. The standard InChI is InChI=1S/C15H10N4/c1-9-4-5-12-13-11(8-17-15(12)18-9)7-10-3-2-6-16-14(10)19-13/h2-8H,1H3. The summed E-state index contributed by atoms with van der Waals surface area (Å²) in [6.45, 7) is 1.96. The molecule has 0 saturated heterocycles. The maximum Gasteiger partial charge on any atom is 0.161 e. The predicted molar refractivity (Wildman–Crippen MR) is 74.9 cm³/mol. The third-order valence-corrected chi connectivity index (χ3v) is 3.21. The molecule has 0 bridgehead atoms. The third-order valence-electron chi connectivity index (χ3n) is 3.21. The second kappa shape index (κ2) is 3.68. The number of hydrogen-bond acceptors (Lipinski definition) is 4. The number of rotatable bonds is 0. The zero-order chi connectivity index (χ0) is 12.8. The zero-order valence-electron chi connectivity index (χ0n) is 10.3. The van der Waals surface area contributed by atoms with E-state index in [-0.39, 0.29) is 0 Å². The summed E-state index contributed by atoms with van der Waals surface area (Å²) in [6, 6.07) is 9.99. The Morgan fingerprint density at radius 3 is 2.79 bits per heavy atom. The van der Waals surface area contributed by atoms with E-state index < -0.39 is 0 Å². The van der Waals surface area contributed by atoms with E-state index in [1.165, 1.54) is 0 Å². The highest BCUT2D eigenvalue weighted by Crippen LogP contribution is 2.23. The molecule has 4 nitrogen and oxygen atoms in total. The number of aryl methyl sites for hydroxylation is 1. The van der Waals surface area contributed by atoms with E-state index in [1.807, 2.05) is 37.4 Å². The first-order valence-corrected chi connectivity index (χ1v) is 6.09. The number of pyridine rings is 4. The van der Waals surface area contributed by atoms with Crippen molar-refractivity contribution in [3.8, 4) is 0 Å². The van der Waals surface area contributed by atoms with Gasteiger partial charge in [-0.25, -0.2) is 19.9 Å². The molecule has 0 aliphatic heterocycles. The molecule has 0 spiro atoms. The molecule has 0 fully saturated rings. The smallest absolute Gasteiger partial charge is 0.161 e. The van der Waals surface area contributed by atoms with Gasteiger partial charge in [0.2, 0.25) is 0 Å². The molecule has 19 heavy (non-hydrogen) atoms. The van der Waals surface area contributed by atoms with Crippen LogP contribution in [0.2, 0.25) is 0 Å². The highest BCUT2D eigenvalue weighted by Gasteiger charge is 2.06. The summed E-state index contributed by atoms with van der Waals surface area (Å²) in [5, 5.41) is 3.01. The largest absolute Gasteiger partial charge is 0.237 e. The summed E-state index contributed by atoms with van der Waals surface area (Å²) in [4.78, 5) is 17.8. The zero-order valence-corrected chi connectivity index (χ0v) is 10.3. The summed E-state index contributed by atoms with van der Waals surface area (Å²) in [7, 11) is 0. The lowest BCUT2D eigenvalue weighted by atomic mass is 10.1. The summed E-state index contributed by atoms with van der Waals surface area (Å²) < 4.78 is 0. The molecular weight excluding hydrogens is 236 g/mol. The molecule has 0 saturated carbocycles. The van der Waals surface area contributed by atoms with Crippen molar-refractivity contribution < 1.29 is 0 Å². The van der Waals surface area contributed by atoms with Crippen LogP contribution in [0, 0.1) is 6.92 Å². The van der Waals surface area contributed by atoms with Crippen LogP contribution in [-0.2, 0) is 0 Å². The number of aromatic nitrogens is 4. The Kier molecular flexibility index (Phi) is 2.00. The number of nitrogens with zero attached hydrogens (tertiary/aromatic N) is 4.